The number of ether oxygens (including phenoxy) is 2. The Labute approximate surface area is 173 Å². The van der Waals surface area contributed by atoms with Gasteiger partial charge in [0.2, 0.25) is 5.44 Å². The van der Waals surface area contributed by atoms with Crippen molar-refractivity contribution in [1.82, 2.24) is 9.55 Å². The summed E-state index contributed by atoms with van der Waals surface area (Å²) in [5, 5.41) is 0. The Morgan fingerprint density at radius 1 is 1.57 bits per heavy atom. The van der Waals surface area contributed by atoms with E-state index in [1.807, 2.05) is 0 Å². The Hall–Kier alpha value is -1.26. The molecule has 2 N–H and O–H groups in total. The quantitative estimate of drug-likeness (QED) is 0.559. The van der Waals surface area contributed by atoms with Crippen molar-refractivity contribution in [1.29, 1.82) is 0 Å². The fourth-order valence-electron chi connectivity index (χ4n) is 3.66. The minimum absolute atomic E-state index is 0.244. The largest absolute Gasteiger partial charge is 0.458 e. The Morgan fingerprint density at radius 2 is 2.29 bits per heavy atom. The number of rotatable bonds is 4. The molecule has 1 aromatic heterocycles. The lowest BCUT2D eigenvalue weighted by atomic mass is 9.74. The van der Waals surface area contributed by atoms with Crippen molar-refractivity contribution in [2.75, 3.05) is 11.5 Å². The first-order chi connectivity index (χ1) is 13.1. The van der Waals surface area contributed by atoms with Gasteiger partial charge >= 0.3 is 11.7 Å². The van der Waals surface area contributed by atoms with Gasteiger partial charge < -0.3 is 15.2 Å². The normalized spacial score (nSPS) is 33.2. The first-order valence-electron chi connectivity index (χ1n) is 9.36. The van der Waals surface area contributed by atoms with Crippen molar-refractivity contribution in [2.24, 2.45) is 11.8 Å². The number of aromatic nitrogens is 2. The van der Waals surface area contributed by atoms with E-state index in [-0.39, 0.29) is 16.8 Å². The Balaban J connectivity index is 1.69. The summed E-state index contributed by atoms with van der Waals surface area (Å²) in [6.07, 6.45) is 2.50. The highest BCUT2D eigenvalue weighted by Gasteiger charge is 2.46. The number of hydrogen-bond acceptors (Lipinski definition) is 8. The average Bonchev–Trinajstić information content (AvgIpc) is 3.11. The van der Waals surface area contributed by atoms with Crippen molar-refractivity contribution in [2.45, 2.75) is 62.5 Å². The van der Waals surface area contributed by atoms with Crippen molar-refractivity contribution >= 4 is 36.2 Å². The minimum atomic E-state index is -0.889. The van der Waals surface area contributed by atoms with E-state index in [0.29, 0.717) is 11.7 Å². The second kappa shape index (κ2) is 8.23. The zero-order valence-electron chi connectivity index (χ0n) is 16.1. The summed E-state index contributed by atoms with van der Waals surface area (Å²) in [5.41, 5.74) is 3.68. The van der Waals surface area contributed by atoms with E-state index in [9.17, 15) is 14.0 Å². The maximum atomic E-state index is 13.7. The van der Waals surface area contributed by atoms with Gasteiger partial charge in [0, 0.05) is 5.75 Å². The number of nitrogens with two attached hydrogens (primary N) is 1. The van der Waals surface area contributed by atoms with Crippen LogP contribution in [0.5, 0.6) is 0 Å². The van der Waals surface area contributed by atoms with Crippen LogP contribution in [0.15, 0.2) is 11.0 Å². The van der Waals surface area contributed by atoms with E-state index < -0.39 is 35.0 Å². The smallest absolute Gasteiger partial charge is 0.351 e. The molecule has 1 saturated carbocycles. The van der Waals surface area contributed by atoms with Crippen LogP contribution in [-0.2, 0) is 14.3 Å². The lowest BCUT2D eigenvalue weighted by Crippen LogP contribution is -2.49. The predicted octanol–water partition coefficient (Wildman–Crippen LogP) is 2.61. The molecule has 1 aliphatic heterocycles. The highest BCUT2D eigenvalue weighted by molar-refractivity contribution is 8.00. The fourth-order valence-corrected chi connectivity index (χ4v) is 4.92. The summed E-state index contributed by atoms with van der Waals surface area (Å²) >= 11 is 6.08. The number of anilines is 1. The van der Waals surface area contributed by atoms with Crippen molar-refractivity contribution in [3.63, 3.8) is 0 Å². The monoisotopic (exact) mass is 431 g/mol. The Kier molecular flexibility index (Phi) is 6.31. The highest BCUT2D eigenvalue weighted by atomic mass is 32.2. The van der Waals surface area contributed by atoms with E-state index in [1.54, 1.807) is 0 Å². The maximum absolute atomic E-state index is 13.7. The summed E-state index contributed by atoms with van der Waals surface area (Å²) in [4.78, 5) is 28.1. The van der Waals surface area contributed by atoms with Gasteiger partial charge in [-0.3, -0.25) is 4.57 Å². The van der Waals surface area contributed by atoms with Crippen molar-refractivity contribution < 1.29 is 18.7 Å². The van der Waals surface area contributed by atoms with Gasteiger partial charge in [0.15, 0.2) is 11.6 Å². The molecule has 1 aliphatic carbocycles. The second-order valence-corrected chi connectivity index (χ2v) is 9.80. The molecule has 3 rings (SSSR count). The molecule has 2 heterocycles. The molecule has 28 heavy (non-hydrogen) atoms. The molecule has 2 fully saturated rings. The van der Waals surface area contributed by atoms with E-state index in [0.717, 1.165) is 30.0 Å². The summed E-state index contributed by atoms with van der Waals surface area (Å²) in [6.45, 7) is 6.30. The van der Waals surface area contributed by atoms with Crippen LogP contribution in [0.4, 0.5) is 10.2 Å². The summed E-state index contributed by atoms with van der Waals surface area (Å²) in [6, 6.07) is 0. The van der Waals surface area contributed by atoms with Gasteiger partial charge in [0.1, 0.15) is 12.3 Å². The number of nitrogens with zero attached hydrogens (tertiary/aromatic N) is 2. The van der Waals surface area contributed by atoms with Crippen molar-refractivity contribution in [3.8, 4) is 0 Å². The van der Waals surface area contributed by atoms with Gasteiger partial charge in [-0.15, -0.1) is 11.8 Å². The van der Waals surface area contributed by atoms with Crippen LogP contribution < -0.4 is 11.4 Å². The number of thiol groups is 1. The van der Waals surface area contributed by atoms with Gasteiger partial charge in [-0.05, 0) is 31.1 Å². The molecule has 1 saturated heterocycles. The van der Waals surface area contributed by atoms with Gasteiger partial charge in [-0.25, -0.2) is 14.0 Å². The average molecular weight is 432 g/mol. The molecule has 0 bridgehead atoms. The van der Waals surface area contributed by atoms with Crippen LogP contribution in [0, 0.1) is 17.7 Å². The van der Waals surface area contributed by atoms with Crippen LogP contribution in [0.2, 0.25) is 0 Å². The fraction of sp³-hybridized carbons (Fsp3) is 0.722. The maximum Gasteiger partial charge on any atom is 0.351 e. The first kappa shape index (κ1) is 21.4. The third kappa shape index (κ3) is 4.18. The SMILES string of the molecule is CC(C)[C@]1(S)CC[C@@H](C)C[C@H]1OC(=O)[C@@H]1O[C@H](n2cc(F)c(N)nc2=O)CS1. The number of esters is 1. The molecule has 156 valence electrons. The molecule has 0 spiro atoms. The van der Waals surface area contributed by atoms with E-state index in [1.165, 1.54) is 11.8 Å². The molecule has 0 unspecified atom stereocenters. The van der Waals surface area contributed by atoms with Gasteiger partial charge in [-0.2, -0.15) is 17.6 Å². The second-order valence-electron chi connectivity index (χ2n) is 7.87. The lowest BCUT2D eigenvalue weighted by molar-refractivity contribution is -0.164. The van der Waals surface area contributed by atoms with Gasteiger partial charge in [0.05, 0.1) is 10.9 Å². The predicted molar refractivity (Wildman–Crippen MR) is 109 cm³/mol. The third-order valence-corrected chi connectivity index (χ3v) is 7.69. The molecular formula is C18H26FN3O4S2. The van der Waals surface area contributed by atoms with Gasteiger partial charge in [0.25, 0.3) is 0 Å². The van der Waals surface area contributed by atoms with E-state index in [4.69, 9.17) is 27.8 Å². The molecule has 10 heteroatoms. The summed E-state index contributed by atoms with van der Waals surface area (Å²) < 4.78 is 25.8. The lowest BCUT2D eigenvalue weighted by Gasteiger charge is -2.45. The van der Waals surface area contributed by atoms with Crippen LogP contribution in [-0.4, -0.2) is 37.6 Å². The molecule has 1 aromatic rings. The number of halogens is 1. The van der Waals surface area contributed by atoms with Crippen LogP contribution >= 0.6 is 24.4 Å². The zero-order valence-corrected chi connectivity index (χ0v) is 17.8. The third-order valence-electron chi connectivity index (χ3n) is 5.58. The minimum Gasteiger partial charge on any atom is -0.458 e. The topological polar surface area (TPSA) is 96.4 Å². The zero-order chi connectivity index (χ0) is 20.6. The summed E-state index contributed by atoms with van der Waals surface area (Å²) in [7, 11) is 0. The number of hydrogen-bond donors (Lipinski definition) is 2. The van der Waals surface area contributed by atoms with Crippen molar-refractivity contribution in [3.05, 3.63) is 22.5 Å². The van der Waals surface area contributed by atoms with Crippen LogP contribution in [0.3, 0.4) is 0 Å². The number of nitrogen functional groups attached to an aromatic ring is 1. The molecule has 5 atom stereocenters. The molecule has 0 aromatic carbocycles. The van der Waals surface area contributed by atoms with E-state index >= 15 is 0 Å². The summed E-state index contributed by atoms with van der Waals surface area (Å²) in [5.74, 6) is -0.789. The Bertz CT molecular complexity index is 806. The first-order valence-corrected chi connectivity index (χ1v) is 10.9. The van der Waals surface area contributed by atoms with Crippen LogP contribution in [0.25, 0.3) is 0 Å². The Morgan fingerprint density at radius 3 is 2.96 bits per heavy atom. The molecule has 2 aliphatic rings. The molecular weight excluding hydrogens is 405 g/mol. The number of carbonyl (C=O) groups is 1. The number of carbonyl (C=O) groups excluding carboxylic acids is 1. The number of thioether (sulfide) groups is 1. The molecule has 0 radical (unpaired) electrons. The molecule has 0 amide bonds. The standard InChI is InChI=1S/C18H26FN3O4S2/c1-9(2)18(27)5-4-10(3)6-12(18)25-15(23)16-26-13(8-28-16)22-7-11(19)14(20)21-17(22)24/h7,9-10,12-13,16,27H,4-6,8H2,1-3H3,(H2,20,21,24)/t10-,12-,13+,16-,18-/m1/s1. The van der Waals surface area contributed by atoms with Gasteiger partial charge in [-0.1, -0.05) is 20.8 Å². The van der Waals surface area contributed by atoms with Crippen LogP contribution in [0.1, 0.15) is 46.3 Å². The van der Waals surface area contributed by atoms with E-state index in [2.05, 4.69) is 25.8 Å². The highest BCUT2D eigenvalue weighted by Crippen LogP contribution is 2.44. The molecule has 7 nitrogen and oxygen atoms in total.